The van der Waals surface area contributed by atoms with Gasteiger partial charge in [-0.1, -0.05) is 11.6 Å². The molecular weight excluding hydrogens is 246 g/mol. The van der Waals surface area contributed by atoms with E-state index in [4.69, 9.17) is 23.2 Å². The van der Waals surface area contributed by atoms with Gasteiger partial charge in [0.2, 0.25) is 10.4 Å². The van der Waals surface area contributed by atoms with Crippen LogP contribution >= 0.6 is 23.2 Å². The van der Waals surface area contributed by atoms with E-state index >= 15 is 0 Å². The lowest BCUT2D eigenvalue weighted by Crippen LogP contribution is -2.20. The van der Waals surface area contributed by atoms with Crippen LogP contribution in [0, 0.1) is 0 Å². The van der Waals surface area contributed by atoms with E-state index in [-0.39, 0.29) is 10.4 Å². The van der Waals surface area contributed by atoms with Gasteiger partial charge in [0.15, 0.2) is 6.61 Å². The van der Waals surface area contributed by atoms with E-state index < -0.39 is 18.7 Å². The topological polar surface area (TPSA) is 47.9 Å². The van der Waals surface area contributed by atoms with Crippen molar-refractivity contribution in [2.75, 3.05) is 6.61 Å². The van der Waals surface area contributed by atoms with Crippen molar-refractivity contribution in [1.82, 2.24) is 15.2 Å². The van der Waals surface area contributed by atoms with E-state index in [1.165, 1.54) is 0 Å². The van der Waals surface area contributed by atoms with Crippen LogP contribution in [0.2, 0.25) is 10.4 Å². The van der Waals surface area contributed by atoms with Crippen LogP contribution in [0.4, 0.5) is 13.2 Å². The number of halogens is 5. The molecule has 0 aliphatic carbocycles. The first-order chi connectivity index (χ1) is 6.38. The molecular formula is C5H2Cl2F3N3O. The quantitative estimate of drug-likeness (QED) is 0.804. The number of hydrogen-bond donors (Lipinski definition) is 0. The van der Waals surface area contributed by atoms with Crippen LogP contribution in [-0.2, 0) is 0 Å². The van der Waals surface area contributed by atoms with Gasteiger partial charge in [-0.05, 0) is 11.6 Å². The zero-order valence-corrected chi connectivity index (χ0v) is 7.86. The molecule has 78 valence electrons. The zero-order valence-electron chi connectivity index (χ0n) is 6.35. The lowest BCUT2D eigenvalue weighted by Gasteiger charge is -2.08. The first-order valence-corrected chi connectivity index (χ1v) is 3.89. The van der Waals surface area contributed by atoms with Gasteiger partial charge in [-0.25, -0.2) is 0 Å². The molecule has 4 nitrogen and oxygen atoms in total. The van der Waals surface area contributed by atoms with Gasteiger partial charge in [0.1, 0.15) is 0 Å². The molecule has 0 N–H and O–H groups in total. The SMILES string of the molecule is FC(F)(F)COc1nc(Cl)nnc1Cl. The number of ether oxygens (including phenoxy) is 1. The molecule has 0 atom stereocenters. The van der Waals surface area contributed by atoms with Crippen molar-refractivity contribution in [2.45, 2.75) is 6.18 Å². The smallest absolute Gasteiger partial charge is 0.422 e. The van der Waals surface area contributed by atoms with Crippen LogP contribution < -0.4 is 4.74 Å². The molecule has 1 rings (SSSR count). The van der Waals surface area contributed by atoms with E-state index in [0.717, 1.165) is 0 Å². The van der Waals surface area contributed by atoms with E-state index in [0.29, 0.717) is 0 Å². The largest absolute Gasteiger partial charge is 0.466 e. The maximum atomic E-state index is 11.7. The lowest BCUT2D eigenvalue weighted by atomic mass is 10.7. The Bertz CT molecular complexity index is 332. The highest BCUT2D eigenvalue weighted by molar-refractivity contribution is 6.31. The standard InChI is InChI=1S/C5H2Cl2F3N3O/c6-2-3(11-4(7)13-12-2)14-1-5(8,9)10/h1H2. The van der Waals surface area contributed by atoms with Gasteiger partial charge in [-0.2, -0.15) is 18.2 Å². The van der Waals surface area contributed by atoms with E-state index in [9.17, 15) is 13.2 Å². The summed E-state index contributed by atoms with van der Waals surface area (Å²) in [7, 11) is 0. The molecule has 0 spiro atoms. The second kappa shape index (κ2) is 4.14. The predicted octanol–water partition coefficient (Wildman–Crippen LogP) is 2.12. The maximum absolute atomic E-state index is 11.7. The minimum atomic E-state index is -4.47. The highest BCUT2D eigenvalue weighted by Crippen LogP contribution is 2.22. The van der Waals surface area contributed by atoms with Crippen LogP contribution in [0.15, 0.2) is 0 Å². The fourth-order valence-electron chi connectivity index (χ4n) is 0.522. The highest BCUT2D eigenvalue weighted by atomic mass is 35.5. The van der Waals surface area contributed by atoms with Crippen LogP contribution in [-0.4, -0.2) is 28.0 Å². The van der Waals surface area contributed by atoms with E-state index in [1.807, 2.05) is 0 Å². The minimum absolute atomic E-state index is 0.341. The molecule has 9 heteroatoms. The monoisotopic (exact) mass is 247 g/mol. The third kappa shape index (κ3) is 3.51. The normalized spacial score (nSPS) is 11.5. The molecule has 0 aliphatic rings. The average Bonchev–Trinajstić information content (AvgIpc) is 2.05. The van der Waals surface area contributed by atoms with Crippen LogP contribution in [0.5, 0.6) is 5.88 Å². The Labute approximate surface area is 86.0 Å². The summed E-state index contributed by atoms with van der Waals surface area (Å²) in [5, 5.41) is 5.69. The van der Waals surface area contributed by atoms with Crippen LogP contribution in [0.3, 0.4) is 0 Å². The summed E-state index contributed by atoms with van der Waals surface area (Å²) < 4.78 is 39.4. The molecule has 14 heavy (non-hydrogen) atoms. The zero-order chi connectivity index (χ0) is 10.8. The van der Waals surface area contributed by atoms with Crippen molar-refractivity contribution in [3.8, 4) is 5.88 Å². The summed E-state index contributed by atoms with van der Waals surface area (Å²) in [6.07, 6.45) is -4.47. The maximum Gasteiger partial charge on any atom is 0.422 e. The summed E-state index contributed by atoms with van der Waals surface area (Å²) in [6.45, 7) is -1.51. The van der Waals surface area contributed by atoms with Gasteiger partial charge in [0.05, 0.1) is 0 Å². The van der Waals surface area contributed by atoms with Crippen LogP contribution in [0.25, 0.3) is 0 Å². The fourth-order valence-corrected chi connectivity index (χ4v) is 0.771. The third-order valence-corrected chi connectivity index (χ3v) is 1.36. The molecule has 0 bridgehead atoms. The first kappa shape index (κ1) is 11.3. The van der Waals surface area contributed by atoms with Crippen LogP contribution in [0.1, 0.15) is 0 Å². The van der Waals surface area contributed by atoms with E-state index in [1.54, 1.807) is 0 Å². The summed E-state index contributed by atoms with van der Waals surface area (Å²) in [6, 6.07) is 0. The Hall–Kier alpha value is -0.820. The summed E-state index contributed by atoms with van der Waals surface area (Å²) in [5.41, 5.74) is 0. The second-order valence-electron chi connectivity index (χ2n) is 2.08. The number of nitrogens with zero attached hydrogens (tertiary/aromatic N) is 3. The van der Waals surface area contributed by atoms with Crippen molar-refractivity contribution < 1.29 is 17.9 Å². The van der Waals surface area contributed by atoms with Crippen molar-refractivity contribution in [1.29, 1.82) is 0 Å². The molecule has 0 amide bonds. The number of hydrogen-bond acceptors (Lipinski definition) is 4. The first-order valence-electron chi connectivity index (χ1n) is 3.14. The van der Waals surface area contributed by atoms with Crippen molar-refractivity contribution in [3.63, 3.8) is 0 Å². The van der Waals surface area contributed by atoms with Gasteiger partial charge in [-0.15, -0.1) is 10.2 Å². The molecule has 0 saturated heterocycles. The second-order valence-corrected chi connectivity index (χ2v) is 2.78. The molecule has 1 aromatic rings. The molecule has 0 aromatic carbocycles. The third-order valence-electron chi connectivity index (χ3n) is 0.963. The van der Waals surface area contributed by atoms with Crippen molar-refractivity contribution >= 4 is 23.2 Å². The number of aromatic nitrogens is 3. The van der Waals surface area contributed by atoms with Gasteiger partial charge < -0.3 is 4.74 Å². The Morgan fingerprint density at radius 2 is 1.86 bits per heavy atom. The summed E-state index contributed by atoms with van der Waals surface area (Å²) in [4.78, 5) is 3.31. The summed E-state index contributed by atoms with van der Waals surface area (Å²) >= 11 is 10.6. The molecule has 0 unspecified atom stereocenters. The van der Waals surface area contributed by atoms with Gasteiger partial charge in [0, 0.05) is 0 Å². The fraction of sp³-hybridized carbons (Fsp3) is 0.400. The number of rotatable bonds is 2. The Morgan fingerprint density at radius 3 is 2.43 bits per heavy atom. The predicted molar refractivity (Wildman–Crippen MR) is 41.4 cm³/mol. The lowest BCUT2D eigenvalue weighted by molar-refractivity contribution is -0.154. The average molecular weight is 248 g/mol. The highest BCUT2D eigenvalue weighted by Gasteiger charge is 2.29. The van der Waals surface area contributed by atoms with Gasteiger partial charge >= 0.3 is 6.18 Å². The van der Waals surface area contributed by atoms with Crippen molar-refractivity contribution in [2.24, 2.45) is 0 Å². The Morgan fingerprint density at radius 1 is 1.21 bits per heavy atom. The molecule has 0 fully saturated rings. The number of alkyl halides is 3. The molecule has 0 saturated carbocycles. The minimum Gasteiger partial charge on any atom is -0.466 e. The van der Waals surface area contributed by atoms with Gasteiger partial charge in [0.25, 0.3) is 5.88 Å². The molecule has 1 aromatic heterocycles. The molecule has 0 aliphatic heterocycles. The molecule has 1 heterocycles. The summed E-state index contributed by atoms with van der Waals surface area (Å²) in [5.74, 6) is -0.496. The molecule has 0 radical (unpaired) electrons. The van der Waals surface area contributed by atoms with Gasteiger partial charge in [-0.3, -0.25) is 0 Å². The Balaban J connectivity index is 2.72. The van der Waals surface area contributed by atoms with Crippen molar-refractivity contribution in [3.05, 3.63) is 10.4 Å². The van der Waals surface area contributed by atoms with E-state index in [2.05, 4.69) is 19.9 Å². The Kier molecular flexibility index (Phi) is 3.33.